The van der Waals surface area contributed by atoms with E-state index in [9.17, 15) is 4.79 Å². The van der Waals surface area contributed by atoms with Crippen molar-refractivity contribution in [1.29, 1.82) is 0 Å². The highest BCUT2D eigenvalue weighted by Crippen LogP contribution is 2.30. The summed E-state index contributed by atoms with van der Waals surface area (Å²) in [5, 5.41) is 3.01. The van der Waals surface area contributed by atoms with Crippen LogP contribution >= 0.6 is 0 Å². The summed E-state index contributed by atoms with van der Waals surface area (Å²) in [6.07, 6.45) is 4.73. The summed E-state index contributed by atoms with van der Waals surface area (Å²) < 4.78 is 0. The van der Waals surface area contributed by atoms with Gasteiger partial charge in [-0.1, -0.05) is 19.8 Å². The summed E-state index contributed by atoms with van der Waals surface area (Å²) >= 11 is 0. The molecule has 1 rings (SSSR count). The lowest BCUT2D eigenvalue weighted by Crippen LogP contribution is -2.45. The first-order valence-corrected chi connectivity index (χ1v) is 5.11. The number of likely N-dealkylation sites (N-methyl/N-ethyl adjacent to an activating group) is 1. The molecule has 3 nitrogen and oxygen atoms in total. The number of hydrogen-bond acceptors (Lipinski definition) is 2. The third-order valence-electron chi connectivity index (χ3n) is 3.15. The van der Waals surface area contributed by atoms with E-state index in [2.05, 4.69) is 12.2 Å². The largest absolute Gasteiger partial charge is 0.368 e. The Labute approximate surface area is 80.1 Å². The first kappa shape index (κ1) is 10.5. The van der Waals surface area contributed by atoms with Crippen molar-refractivity contribution in [3.63, 3.8) is 0 Å². The number of nitrogens with one attached hydrogen (secondary N) is 1. The van der Waals surface area contributed by atoms with Gasteiger partial charge in [0.1, 0.15) is 0 Å². The second-order valence-electron chi connectivity index (χ2n) is 4.19. The van der Waals surface area contributed by atoms with Crippen molar-refractivity contribution in [2.24, 2.45) is 17.6 Å². The highest BCUT2D eigenvalue weighted by Gasteiger charge is 2.28. The van der Waals surface area contributed by atoms with Crippen LogP contribution in [0.1, 0.15) is 32.6 Å². The van der Waals surface area contributed by atoms with Crippen LogP contribution in [0.15, 0.2) is 0 Å². The van der Waals surface area contributed by atoms with E-state index < -0.39 is 0 Å². The van der Waals surface area contributed by atoms with Crippen LogP contribution in [0.3, 0.4) is 0 Å². The summed E-state index contributed by atoms with van der Waals surface area (Å²) in [4.78, 5) is 11.1. The Morgan fingerprint density at radius 1 is 1.38 bits per heavy atom. The van der Waals surface area contributed by atoms with E-state index in [4.69, 9.17) is 5.73 Å². The maximum atomic E-state index is 11.1. The minimum Gasteiger partial charge on any atom is -0.368 e. The first-order chi connectivity index (χ1) is 6.15. The third-order valence-corrected chi connectivity index (χ3v) is 3.15. The monoisotopic (exact) mass is 184 g/mol. The van der Waals surface area contributed by atoms with Crippen LogP contribution in [0.5, 0.6) is 0 Å². The molecule has 1 aliphatic carbocycles. The number of carbonyl (C=O) groups excluding carboxylic acids is 1. The normalized spacial score (nSPS) is 31.2. The lowest BCUT2D eigenvalue weighted by atomic mass is 9.79. The Balaban J connectivity index is 2.46. The number of carbonyl (C=O) groups is 1. The van der Waals surface area contributed by atoms with Gasteiger partial charge in [-0.2, -0.15) is 0 Å². The molecule has 1 aliphatic rings. The van der Waals surface area contributed by atoms with Crippen molar-refractivity contribution >= 4 is 5.91 Å². The van der Waals surface area contributed by atoms with Crippen LogP contribution in [0.2, 0.25) is 0 Å². The van der Waals surface area contributed by atoms with E-state index in [1.807, 2.05) is 7.05 Å². The minimum absolute atomic E-state index is 0.118. The lowest BCUT2D eigenvalue weighted by molar-refractivity contribution is -0.121. The topological polar surface area (TPSA) is 55.1 Å². The van der Waals surface area contributed by atoms with Crippen LogP contribution < -0.4 is 11.1 Å². The van der Waals surface area contributed by atoms with Gasteiger partial charge in [-0.15, -0.1) is 0 Å². The Kier molecular flexibility index (Phi) is 3.72. The fourth-order valence-electron chi connectivity index (χ4n) is 2.23. The number of amides is 1. The van der Waals surface area contributed by atoms with Gasteiger partial charge in [-0.05, 0) is 31.7 Å². The molecular formula is C10H20N2O. The van der Waals surface area contributed by atoms with Crippen LogP contribution in [-0.4, -0.2) is 19.0 Å². The summed E-state index contributed by atoms with van der Waals surface area (Å²) in [5.41, 5.74) is 5.31. The zero-order valence-corrected chi connectivity index (χ0v) is 8.55. The molecule has 0 aliphatic heterocycles. The van der Waals surface area contributed by atoms with E-state index in [0.717, 1.165) is 18.8 Å². The first-order valence-electron chi connectivity index (χ1n) is 5.11. The lowest BCUT2D eigenvalue weighted by Gasteiger charge is -2.30. The molecule has 13 heavy (non-hydrogen) atoms. The van der Waals surface area contributed by atoms with E-state index in [-0.39, 0.29) is 11.9 Å². The fraction of sp³-hybridized carbons (Fsp3) is 0.900. The minimum atomic E-state index is -0.206. The summed E-state index contributed by atoms with van der Waals surface area (Å²) in [7, 11) is 1.81. The molecule has 0 aromatic rings. The molecule has 0 radical (unpaired) electrons. The van der Waals surface area contributed by atoms with Crippen LogP contribution in [0, 0.1) is 11.8 Å². The molecule has 0 bridgehead atoms. The Morgan fingerprint density at radius 3 is 2.31 bits per heavy atom. The van der Waals surface area contributed by atoms with Crippen molar-refractivity contribution in [3.8, 4) is 0 Å². The molecule has 0 aromatic heterocycles. The number of primary amides is 1. The molecule has 3 heteroatoms. The Hall–Kier alpha value is -0.570. The molecule has 1 unspecified atom stereocenters. The number of hydrogen-bond donors (Lipinski definition) is 2. The van der Waals surface area contributed by atoms with Crippen molar-refractivity contribution in [1.82, 2.24) is 5.32 Å². The van der Waals surface area contributed by atoms with Gasteiger partial charge in [-0.25, -0.2) is 0 Å². The average molecular weight is 184 g/mol. The molecule has 3 N–H and O–H groups in total. The molecule has 0 spiro atoms. The molecule has 1 atom stereocenters. The van der Waals surface area contributed by atoms with Crippen molar-refractivity contribution < 1.29 is 4.79 Å². The predicted molar refractivity (Wildman–Crippen MR) is 53.2 cm³/mol. The Bertz CT molecular complexity index is 174. The van der Waals surface area contributed by atoms with E-state index >= 15 is 0 Å². The predicted octanol–water partition coefficient (Wildman–Crippen LogP) is 0.886. The SMILES string of the molecule is CNC(C(N)=O)C1CCC(C)CC1. The van der Waals surface area contributed by atoms with Gasteiger partial charge in [0.05, 0.1) is 6.04 Å². The summed E-state index contributed by atoms with van der Waals surface area (Å²) in [6.45, 7) is 2.27. The van der Waals surface area contributed by atoms with Crippen LogP contribution in [-0.2, 0) is 4.79 Å². The highest BCUT2D eigenvalue weighted by molar-refractivity contribution is 5.80. The molecule has 1 fully saturated rings. The summed E-state index contributed by atoms with van der Waals surface area (Å²) in [5.74, 6) is 1.07. The van der Waals surface area contributed by atoms with Crippen molar-refractivity contribution in [2.45, 2.75) is 38.6 Å². The highest BCUT2D eigenvalue weighted by atomic mass is 16.1. The molecule has 1 amide bonds. The van der Waals surface area contributed by atoms with E-state index in [0.29, 0.717) is 5.92 Å². The third kappa shape index (κ3) is 2.69. The molecule has 1 saturated carbocycles. The number of nitrogens with two attached hydrogens (primary N) is 1. The van der Waals surface area contributed by atoms with Crippen molar-refractivity contribution in [2.75, 3.05) is 7.05 Å². The van der Waals surface area contributed by atoms with Gasteiger partial charge in [0.2, 0.25) is 5.91 Å². The second-order valence-corrected chi connectivity index (χ2v) is 4.19. The second kappa shape index (κ2) is 4.61. The molecule has 76 valence electrons. The van der Waals surface area contributed by atoms with Crippen molar-refractivity contribution in [3.05, 3.63) is 0 Å². The molecular weight excluding hydrogens is 164 g/mol. The van der Waals surface area contributed by atoms with E-state index in [1.165, 1.54) is 12.8 Å². The molecule has 0 heterocycles. The quantitative estimate of drug-likeness (QED) is 0.684. The number of rotatable bonds is 3. The zero-order chi connectivity index (χ0) is 9.84. The van der Waals surface area contributed by atoms with Gasteiger partial charge in [-0.3, -0.25) is 4.79 Å². The zero-order valence-electron chi connectivity index (χ0n) is 8.55. The van der Waals surface area contributed by atoms with E-state index in [1.54, 1.807) is 0 Å². The maximum Gasteiger partial charge on any atom is 0.234 e. The van der Waals surface area contributed by atoms with Gasteiger partial charge >= 0.3 is 0 Å². The van der Waals surface area contributed by atoms with Gasteiger partial charge in [0, 0.05) is 0 Å². The maximum absolute atomic E-state index is 11.1. The van der Waals surface area contributed by atoms with Gasteiger partial charge < -0.3 is 11.1 Å². The average Bonchev–Trinajstić information content (AvgIpc) is 2.09. The van der Waals surface area contributed by atoms with Crippen LogP contribution in [0.25, 0.3) is 0 Å². The molecule has 0 aromatic carbocycles. The smallest absolute Gasteiger partial charge is 0.234 e. The fourth-order valence-corrected chi connectivity index (χ4v) is 2.23. The summed E-state index contributed by atoms with van der Waals surface area (Å²) in [6, 6.07) is -0.118. The Morgan fingerprint density at radius 2 is 1.92 bits per heavy atom. The van der Waals surface area contributed by atoms with Gasteiger partial charge in [0.15, 0.2) is 0 Å². The standard InChI is InChI=1S/C10H20N2O/c1-7-3-5-8(6-4-7)9(12-2)10(11)13/h7-9,12H,3-6H2,1-2H3,(H2,11,13). The van der Waals surface area contributed by atoms with Gasteiger partial charge in [0.25, 0.3) is 0 Å². The van der Waals surface area contributed by atoms with Crippen LogP contribution in [0.4, 0.5) is 0 Å². The molecule has 0 saturated heterocycles.